The predicted molar refractivity (Wildman–Crippen MR) is 77.7 cm³/mol. The summed E-state index contributed by atoms with van der Waals surface area (Å²) in [6.07, 6.45) is 0.201. The molecule has 106 valence electrons. The number of anilines is 1. The summed E-state index contributed by atoms with van der Waals surface area (Å²) in [4.78, 5) is 11.9. The molecule has 5 heteroatoms. The molecular formula is C15H19N3O2. The zero-order valence-electron chi connectivity index (χ0n) is 11.9. The molecule has 0 aliphatic carbocycles. The Balaban J connectivity index is 2.00. The Bertz CT molecular complexity index is 612. The number of hydrogen-bond donors (Lipinski definition) is 3. The Kier molecular flexibility index (Phi) is 3.79. The van der Waals surface area contributed by atoms with Crippen molar-refractivity contribution in [2.24, 2.45) is 0 Å². The summed E-state index contributed by atoms with van der Waals surface area (Å²) in [5.41, 5.74) is 1.68. The van der Waals surface area contributed by atoms with Gasteiger partial charge in [-0.1, -0.05) is 32.9 Å². The molecule has 1 amide bonds. The topological polar surface area (TPSA) is 78.0 Å². The van der Waals surface area contributed by atoms with Crippen molar-refractivity contribution in [3.05, 3.63) is 41.6 Å². The lowest BCUT2D eigenvalue weighted by atomic mass is 9.92. The second kappa shape index (κ2) is 5.36. The maximum Gasteiger partial charge on any atom is 0.229 e. The minimum absolute atomic E-state index is 0.0405. The van der Waals surface area contributed by atoms with Crippen LogP contribution in [0.5, 0.6) is 5.75 Å². The molecule has 3 N–H and O–H groups in total. The molecule has 0 unspecified atom stereocenters. The second-order valence-corrected chi connectivity index (χ2v) is 5.81. The highest BCUT2D eigenvalue weighted by Crippen LogP contribution is 2.22. The van der Waals surface area contributed by atoms with E-state index >= 15 is 0 Å². The fourth-order valence-corrected chi connectivity index (χ4v) is 1.81. The first kappa shape index (κ1) is 14.1. The Morgan fingerprint density at radius 2 is 2.10 bits per heavy atom. The first-order valence-electron chi connectivity index (χ1n) is 6.48. The molecule has 0 fully saturated rings. The summed E-state index contributed by atoms with van der Waals surface area (Å²) in [5.74, 6) is 0.507. The van der Waals surface area contributed by atoms with Gasteiger partial charge in [0.1, 0.15) is 5.75 Å². The second-order valence-electron chi connectivity index (χ2n) is 5.81. The van der Waals surface area contributed by atoms with Gasteiger partial charge in [-0.25, -0.2) is 0 Å². The standard InChI is InChI=1S/C15H19N3O2/c1-15(2,3)12-9-13(18-17-12)16-14(20)8-10-5-4-6-11(19)7-10/h4-7,9,19H,8H2,1-3H3,(H2,16,17,18,20). The van der Waals surface area contributed by atoms with E-state index in [9.17, 15) is 9.90 Å². The van der Waals surface area contributed by atoms with E-state index in [-0.39, 0.29) is 23.5 Å². The Hall–Kier alpha value is -2.30. The number of amides is 1. The zero-order chi connectivity index (χ0) is 14.8. The average molecular weight is 273 g/mol. The maximum atomic E-state index is 11.9. The van der Waals surface area contributed by atoms with Gasteiger partial charge >= 0.3 is 0 Å². The van der Waals surface area contributed by atoms with Gasteiger partial charge in [-0.3, -0.25) is 9.89 Å². The molecule has 20 heavy (non-hydrogen) atoms. The highest BCUT2D eigenvalue weighted by atomic mass is 16.3. The lowest BCUT2D eigenvalue weighted by molar-refractivity contribution is -0.115. The van der Waals surface area contributed by atoms with Crippen molar-refractivity contribution in [3.63, 3.8) is 0 Å². The summed E-state index contributed by atoms with van der Waals surface area (Å²) < 4.78 is 0. The molecule has 0 radical (unpaired) electrons. The highest BCUT2D eigenvalue weighted by molar-refractivity contribution is 5.91. The average Bonchev–Trinajstić information content (AvgIpc) is 2.76. The molecule has 0 aliphatic rings. The van der Waals surface area contributed by atoms with Gasteiger partial charge in [-0.05, 0) is 17.7 Å². The first-order valence-corrected chi connectivity index (χ1v) is 6.48. The Morgan fingerprint density at radius 1 is 1.35 bits per heavy atom. The molecule has 0 spiro atoms. The van der Waals surface area contributed by atoms with Gasteiger partial charge in [0, 0.05) is 17.2 Å². The van der Waals surface area contributed by atoms with Gasteiger partial charge in [0.25, 0.3) is 0 Å². The molecule has 0 saturated carbocycles. The van der Waals surface area contributed by atoms with Crippen LogP contribution in [0.15, 0.2) is 30.3 Å². The molecule has 0 aliphatic heterocycles. The fourth-order valence-electron chi connectivity index (χ4n) is 1.81. The summed E-state index contributed by atoms with van der Waals surface area (Å²) in [6, 6.07) is 8.49. The molecule has 0 atom stereocenters. The fraction of sp³-hybridized carbons (Fsp3) is 0.333. The third kappa shape index (κ3) is 3.60. The Labute approximate surface area is 118 Å². The first-order chi connectivity index (χ1) is 9.34. The van der Waals surface area contributed by atoms with Crippen LogP contribution in [-0.4, -0.2) is 21.2 Å². The van der Waals surface area contributed by atoms with Crippen molar-refractivity contribution in [2.75, 3.05) is 5.32 Å². The van der Waals surface area contributed by atoms with Crippen molar-refractivity contribution >= 4 is 11.7 Å². The summed E-state index contributed by atoms with van der Waals surface area (Å²) in [7, 11) is 0. The quantitative estimate of drug-likeness (QED) is 0.804. The van der Waals surface area contributed by atoms with Crippen LogP contribution in [-0.2, 0) is 16.6 Å². The predicted octanol–water partition coefficient (Wildman–Crippen LogP) is 2.59. The zero-order valence-corrected chi connectivity index (χ0v) is 11.9. The molecule has 0 bridgehead atoms. The molecule has 1 aromatic heterocycles. The number of carbonyl (C=O) groups is 1. The van der Waals surface area contributed by atoms with E-state index < -0.39 is 0 Å². The molecule has 1 heterocycles. The number of aromatic amines is 1. The SMILES string of the molecule is CC(C)(C)c1cc(NC(=O)Cc2cccc(O)c2)n[nH]1. The van der Waals surface area contributed by atoms with E-state index in [1.807, 2.05) is 6.07 Å². The number of rotatable bonds is 3. The third-order valence-electron chi connectivity index (χ3n) is 2.93. The third-order valence-corrected chi connectivity index (χ3v) is 2.93. The van der Waals surface area contributed by atoms with Crippen molar-refractivity contribution in [1.29, 1.82) is 0 Å². The van der Waals surface area contributed by atoms with Crippen molar-refractivity contribution in [2.45, 2.75) is 32.6 Å². The number of phenols is 1. The number of nitrogens with one attached hydrogen (secondary N) is 2. The van der Waals surface area contributed by atoms with Crippen molar-refractivity contribution in [1.82, 2.24) is 10.2 Å². The van der Waals surface area contributed by atoms with E-state index in [4.69, 9.17) is 0 Å². The van der Waals surface area contributed by atoms with E-state index in [1.165, 1.54) is 0 Å². The largest absolute Gasteiger partial charge is 0.508 e. The van der Waals surface area contributed by atoms with Crippen LogP contribution < -0.4 is 5.32 Å². The van der Waals surface area contributed by atoms with E-state index in [0.717, 1.165) is 11.3 Å². The van der Waals surface area contributed by atoms with Gasteiger partial charge in [0.05, 0.1) is 6.42 Å². The molecular weight excluding hydrogens is 254 g/mol. The van der Waals surface area contributed by atoms with Gasteiger partial charge in [-0.15, -0.1) is 0 Å². The number of nitrogens with zero attached hydrogens (tertiary/aromatic N) is 1. The van der Waals surface area contributed by atoms with E-state index in [0.29, 0.717) is 5.82 Å². The minimum Gasteiger partial charge on any atom is -0.508 e. The summed E-state index contributed by atoms with van der Waals surface area (Å²) in [6.45, 7) is 6.20. The van der Waals surface area contributed by atoms with Crippen LogP contribution in [0.1, 0.15) is 32.0 Å². The molecule has 0 saturated heterocycles. The summed E-state index contributed by atoms with van der Waals surface area (Å²) >= 11 is 0. The van der Waals surface area contributed by atoms with Gasteiger partial charge in [0.2, 0.25) is 5.91 Å². The van der Waals surface area contributed by atoms with Crippen molar-refractivity contribution < 1.29 is 9.90 Å². The highest BCUT2D eigenvalue weighted by Gasteiger charge is 2.17. The van der Waals surface area contributed by atoms with Crippen LogP contribution >= 0.6 is 0 Å². The normalized spacial score (nSPS) is 11.3. The molecule has 2 rings (SSSR count). The number of benzene rings is 1. The molecule has 5 nitrogen and oxygen atoms in total. The number of hydrogen-bond acceptors (Lipinski definition) is 3. The lowest BCUT2D eigenvalue weighted by Crippen LogP contribution is -2.14. The van der Waals surface area contributed by atoms with Crippen LogP contribution in [0.2, 0.25) is 0 Å². The van der Waals surface area contributed by atoms with Crippen LogP contribution in [0, 0.1) is 0 Å². The Morgan fingerprint density at radius 3 is 2.70 bits per heavy atom. The number of carbonyl (C=O) groups excluding carboxylic acids is 1. The monoisotopic (exact) mass is 273 g/mol. The van der Waals surface area contributed by atoms with Gasteiger partial charge < -0.3 is 10.4 Å². The van der Waals surface area contributed by atoms with Crippen LogP contribution in [0.25, 0.3) is 0 Å². The number of phenolic OH excluding ortho intramolecular Hbond substituents is 1. The molecule has 2 aromatic rings. The minimum atomic E-state index is -0.164. The van der Waals surface area contributed by atoms with Gasteiger partial charge in [0.15, 0.2) is 5.82 Å². The van der Waals surface area contributed by atoms with Crippen LogP contribution in [0.4, 0.5) is 5.82 Å². The lowest BCUT2D eigenvalue weighted by Gasteiger charge is -2.14. The smallest absolute Gasteiger partial charge is 0.229 e. The van der Waals surface area contributed by atoms with Gasteiger partial charge in [-0.2, -0.15) is 5.10 Å². The van der Waals surface area contributed by atoms with E-state index in [2.05, 4.69) is 36.3 Å². The van der Waals surface area contributed by atoms with Crippen molar-refractivity contribution in [3.8, 4) is 5.75 Å². The van der Waals surface area contributed by atoms with Crippen LogP contribution in [0.3, 0.4) is 0 Å². The summed E-state index contributed by atoms with van der Waals surface area (Å²) in [5, 5.41) is 19.1. The number of aromatic nitrogens is 2. The molecule has 1 aromatic carbocycles. The van der Waals surface area contributed by atoms with E-state index in [1.54, 1.807) is 24.3 Å². The maximum absolute atomic E-state index is 11.9. The number of aromatic hydroxyl groups is 1. The number of H-pyrrole nitrogens is 1.